The van der Waals surface area contributed by atoms with Crippen LogP contribution in [0.3, 0.4) is 0 Å². The third-order valence-corrected chi connectivity index (χ3v) is 2.44. The van der Waals surface area contributed by atoms with E-state index >= 15 is 0 Å². The van der Waals surface area contributed by atoms with Crippen molar-refractivity contribution in [3.8, 4) is 6.07 Å². The van der Waals surface area contributed by atoms with E-state index in [9.17, 15) is 5.11 Å². The van der Waals surface area contributed by atoms with Gasteiger partial charge < -0.3 is 5.11 Å². The number of piperidine rings is 1. The first-order valence-corrected chi connectivity index (χ1v) is 4.86. The average Bonchev–Trinajstić information content (AvgIpc) is 2.03. The molecule has 0 spiro atoms. The lowest BCUT2D eigenvalue weighted by Crippen LogP contribution is -2.51. The predicted octanol–water partition coefficient (Wildman–Crippen LogP) is 1.18. The Balaban J connectivity index is 2.65. The van der Waals surface area contributed by atoms with Gasteiger partial charge in [0.1, 0.15) is 5.54 Å². The molecule has 0 aromatic carbocycles. The Morgan fingerprint density at radius 1 is 1.54 bits per heavy atom. The standard InChI is InChI=1S/C10H18N2O/c1-9(2,13)7-10(8-11)5-3-4-6-12-10/h12-13H,3-7H2,1-2H3. The maximum atomic E-state index is 9.68. The Morgan fingerprint density at radius 3 is 2.62 bits per heavy atom. The van der Waals surface area contributed by atoms with Crippen molar-refractivity contribution < 1.29 is 5.11 Å². The smallest absolute Gasteiger partial charge is 0.109 e. The number of hydrogen-bond acceptors (Lipinski definition) is 3. The fraction of sp³-hybridized carbons (Fsp3) is 0.900. The van der Waals surface area contributed by atoms with Gasteiger partial charge in [0.15, 0.2) is 0 Å². The number of hydrogen-bond donors (Lipinski definition) is 2. The molecule has 1 fully saturated rings. The van der Waals surface area contributed by atoms with Crippen molar-refractivity contribution in [1.29, 1.82) is 5.26 Å². The molecule has 1 heterocycles. The van der Waals surface area contributed by atoms with Gasteiger partial charge in [0.05, 0.1) is 11.7 Å². The second kappa shape index (κ2) is 3.65. The first-order chi connectivity index (χ1) is 5.97. The SMILES string of the molecule is CC(C)(O)CC1(C#N)CCCCN1. The van der Waals surface area contributed by atoms with Crippen molar-refractivity contribution in [1.82, 2.24) is 5.32 Å². The Labute approximate surface area is 79.8 Å². The zero-order chi connectivity index (χ0) is 9.95. The van der Waals surface area contributed by atoms with E-state index in [4.69, 9.17) is 5.26 Å². The molecule has 0 aromatic heterocycles. The quantitative estimate of drug-likeness (QED) is 0.674. The zero-order valence-electron chi connectivity index (χ0n) is 8.43. The van der Waals surface area contributed by atoms with Crippen molar-refractivity contribution in [2.24, 2.45) is 0 Å². The fourth-order valence-corrected chi connectivity index (χ4v) is 1.99. The molecule has 0 bridgehead atoms. The van der Waals surface area contributed by atoms with E-state index in [1.165, 1.54) is 0 Å². The van der Waals surface area contributed by atoms with Gasteiger partial charge in [-0.3, -0.25) is 5.32 Å². The highest BCUT2D eigenvalue weighted by Crippen LogP contribution is 2.27. The van der Waals surface area contributed by atoms with Crippen molar-refractivity contribution in [3.63, 3.8) is 0 Å². The third kappa shape index (κ3) is 2.98. The molecule has 0 saturated carbocycles. The average molecular weight is 182 g/mol. The number of rotatable bonds is 2. The zero-order valence-corrected chi connectivity index (χ0v) is 8.43. The van der Waals surface area contributed by atoms with E-state index in [1.807, 2.05) is 0 Å². The molecule has 0 amide bonds. The summed E-state index contributed by atoms with van der Waals surface area (Å²) in [5.74, 6) is 0. The van der Waals surface area contributed by atoms with Crippen LogP contribution in [0, 0.1) is 11.3 Å². The topological polar surface area (TPSA) is 56.0 Å². The minimum absolute atomic E-state index is 0.490. The molecule has 1 rings (SSSR count). The van der Waals surface area contributed by atoms with Gasteiger partial charge in [-0.2, -0.15) is 5.26 Å². The molecule has 1 aliphatic heterocycles. The lowest BCUT2D eigenvalue weighted by molar-refractivity contribution is 0.0424. The van der Waals surface area contributed by atoms with Crippen LogP contribution in [0.4, 0.5) is 0 Å². The van der Waals surface area contributed by atoms with Crippen LogP contribution in [0.5, 0.6) is 0 Å². The van der Waals surface area contributed by atoms with E-state index in [-0.39, 0.29) is 0 Å². The highest BCUT2D eigenvalue weighted by atomic mass is 16.3. The maximum absolute atomic E-state index is 9.68. The fourth-order valence-electron chi connectivity index (χ4n) is 1.99. The van der Waals surface area contributed by atoms with Gasteiger partial charge in [0.2, 0.25) is 0 Å². The molecule has 3 nitrogen and oxygen atoms in total. The van der Waals surface area contributed by atoms with E-state index < -0.39 is 11.1 Å². The first-order valence-electron chi connectivity index (χ1n) is 4.86. The summed E-state index contributed by atoms with van der Waals surface area (Å²) in [6.45, 7) is 4.40. The maximum Gasteiger partial charge on any atom is 0.109 e. The van der Waals surface area contributed by atoms with Crippen LogP contribution < -0.4 is 5.32 Å². The molecule has 0 aliphatic carbocycles. The highest BCUT2D eigenvalue weighted by Gasteiger charge is 2.36. The molecule has 1 unspecified atom stereocenters. The lowest BCUT2D eigenvalue weighted by Gasteiger charge is -2.36. The first kappa shape index (κ1) is 10.5. The van der Waals surface area contributed by atoms with Gasteiger partial charge in [0, 0.05) is 6.42 Å². The van der Waals surface area contributed by atoms with E-state index in [1.54, 1.807) is 13.8 Å². The Hall–Kier alpha value is -0.590. The van der Waals surface area contributed by atoms with Gasteiger partial charge in [-0.25, -0.2) is 0 Å². The largest absolute Gasteiger partial charge is 0.390 e. The van der Waals surface area contributed by atoms with Gasteiger partial charge in [-0.1, -0.05) is 0 Å². The minimum atomic E-state index is -0.764. The normalized spacial score (nSPS) is 29.7. The molecule has 3 heteroatoms. The van der Waals surface area contributed by atoms with E-state index in [2.05, 4.69) is 11.4 Å². The summed E-state index contributed by atoms with van der Waals surface area (Å²) in [6, 6.07) is 2.30. The second-order valence-corrected chi connectivity index (χ2v) is 4.57. The monoisotopic (exact) mass is 182 g/mol. The predicted molar refractivity (Wildman–Crippen MR) is 51.1 cm³/mol. The number of nitrogens with one attached hydrogen (secondary N) is 1. The molecule has 2 N–H and O–H groups in total. The lowest BCUT2D eigenvalue weighted by atomic mass is 9.81. The van der Waals surface area contributed by atoms with Crippen molar-refractivity contribution in [2.45, 2.75) is 50.7 Å². The summed E-state index contributed by atoms with van der Waals surface area (Å²) in [5, 5.41) is 22.0. The van der Waals surface area contributed by atoms with Crippen LogP contribution in [0.25, 0.3) is 0 Å². The Bertz CT molecular complexity index is 206. The summed E-state index contributed by atoms with van der Waals surface area (Å²) >= 11 is 0. The van der Waals surface area contributed by atoms with Crippen LogP contribution in [0.1, 0.15) is 39.5 Å². The molecule has 13 heavy (non-hydrogen) atoms. The molecule has 1 aliphatic rings. The Kier molecular flexibility index (Phi) is 2.94. The Morgan fingerprint density at radius 2 is 2.23 bits per heavy atom. The molecule has 74 valence electrons. The number of nitriles is 1. The van der Waals surface area contributed by atoms with E-state index in [0.717, 1.165) is 25.8 Å². The molecular formula is C10H18N2O. The van der Waals surface area contributed by atoms with Crippen LogP contribution in [-0.4, -0.2) is 22.8 Å². The van der Waals surface area contributed by atoms with Crippen molar-refractivity contribution in [3.05, 3.63) is 0 Å². The summed E-state index contributed by atoms with van der Waals surface area (Å²) in [7, 11) is 0. The van der Waals surface area contributed by atoms with Crippen LogP contribution in [0.15, 0.2) is 0 Å². The highest BCUT2D eigenvalue weighted by molar-refractivity contribution is 5.10. The van der Waals surface area contributed by atoms with Gasteiger partial charge in [-0.05, 0) is 39.7 Å². The second-order valence-electron chi connectivity index (χ2n) is 4.57. The van der Waals surface area contributed by atoms with Gasteiger partial charge in [0.25, 0.3) is 0 Å². The van der Waals surface area contributed by atoms with Gasteiger partial charge >= 0.3 is 0 Å². The molecule has 0 aromatic rings. The summed E-state index contributed by atoms with van der Waals surface area (Å²) in [6.07, 6.45) is 3.58. The molecule has 0 radical (unpaired) electrons. The minimum Gasteiger partial charge on any atom is -0.390 e. The molecule has 1 saturated heterocycles. The number of nitrogens with zero attached hydrogens (tertiary/aromatic N) is 1. The van der Waals surface area contributed by atoms with Crippen molar-refractivity contribution >= 4 is 0 Å². The summed E-state index contributed by atoms with van der Waals surface area (Å²) in [4.78, 5) is 0. The number of aliphatic hydroxyl groups is 1. The van der Waals surface area contributed by atoms with Crippen LogP contribution >= 0.6 is 0 Å². The van der Waals surface area contributed by atoms with Crippen LogP contribution in [-0.2, 0) is 0 Å². The van der Waals surface area contributed by atoms with E-state index in [0.29, 0.717) is 6.42 Å². The van der Waals surface area contributed by atoms with Crippen LogP contribution in [0.2, 0.25) is 0 Å². The molecule has 1 atom stereocenters. The molecular weight excluding hydrogens is 164 g/mol. The summed E-state index contributed by atoms with van der Waals surface area (Å²) < 4.78 is 0. The van der Waals surface area contributed by atoms with Crippen molar-refractivity contribution in [2.75, 3.05) is 6.54 Å². The van der Waals surface area contributed by atoms with Gasteiger partial charge in [-0.15, -0.1) is 0 Å². The summed E-state index contributed by atoms with van der Waals surface area (Å²) in [5.41, 5.74) is -1.25. The third-order valence-electron chi connectivity index (χ3n) is 2.44.